The summed E-state index contributed by atoms with van der Waals surface area (Å²) in [6, 6.07) is 0. The Bertz CT molecular complexity index is 142. The Hall–Kier alpha value is -0.530. The number of ether oxygens (including phenoxy) is 1. The van der Waals surface area contributed by atoms with Gasteiger partial charge in [0.2, 0.25) is 0 Å². The third-order valence-electron chi connectivity index (χ3n) is 2.18. The van der Waals surface area contributed by atoms with Crippen molar-refractivity contribution in [2.24, 2.45) is 5.92 Å². The van der Waals surface area contributed by atoms with Crippen molar-refractivity contribution in [3.05, 3.63) is 0 Å². The van der Waals surface area contributed by atoms with Gasteiger partial charge >= 0.3 is 5.97 Å². The van der Waals surface area contributed by atoms with E-state index in [2.05, 4.69) is 6.92 Å². The molecule has 1 fully saturated rings. The Morgan fingerprint density at radius 2 is 2.36 bits per heavy atom. The largest absolute Gasteiger partial charge is 0.462 e. The fourth-order valence-corrected chi connectivity index (χ4v) is 1.43. The van der Waals surface area contributed by atoms with Crippen LogP contribution in [0, 0.1) is 5.92 Å². The topological polar surface area (TPSA) is 26.3 Å². The molecule has 11 heavy (non-hydrogen) atoms. The molecule has 1 aliphatic rings. The SMILES string of the molecule is CCCCC1C[C@@H](C)C(=O)O1. The molecule has 0 aromatic heterocycles. The zero-order chi connectivity index (χ0) is 8.27. The molecule has 0 amide bonds. The fourth-order valence-electron chi connectivity index (χ4n) is 1.43. The lowest BCUT2D eigenvalue weighted by Gasteiger charge is -2.06. The van der Waals surface area contributed by atoms with E-state index >= 15 is 0 Å². The summed E-state index contributed by atoms with van der Waals surface area (Å²) in [6.45, 7) is 4.09. The molecule has 0 saturated carbocycles. The molecule has 1 aliphatic heterocycles. The van der Waals surface area contributed by atoms with E-state index in [1.807, 2.05) is 6.92 Å². The molecular formula is C9H16O2. The Kier molecular flexibility index (Phi) is 2.92. The molecule has 0 aliphatic carbocycles. The highest BCUT2D eigenvalue weighted by Gasteiger charge is 2.29. The summed E-state index contributed by atoms with van der Waals surface area (Å²) in [4.78, 5) is 10.9. The van der Waals surface area contributed by atoms with E-state index in [-0.39, 0.29) is 18.0 Å². The van der Waals surface area contributed by atoms with E-state index in [4.69, 9.17) is 4.74 Å². The third-order valence-corrected chi connectivity index (χ3v) is 2.18. The highest BCUT2D eigenvalue weighted by molar-refractivity contribution is 5.74. The van der Waals surface area contributed by atoms with Crippen LogP contribution in [0.4, 0.5) is 0 Å². The van der Waals surface area contributed by atoms with Crippen molar-refractivity contribution in [1.29, 1.82) is 0 Å². The van der Waals surface area contributed by atoms with E-state index in [1.165, 1.54) is 12.8 Å². The van der Waals surface area contributed by atoms with Crippen molar-refractivity contribution < 1.29 is 9.53 Å². The Morgan fingerprint density at radius 3 is 2.82 bits per heavy atom. The van der Waals surface area contributed by atoms with Crippen LogP contribution in [0.1, 0.15) is 39.5 Å². The van der Waals surface area contributed by atoms with E-state index in [0.29, 0.717) is 0 Å². The molecule has 0 aromatic rings. The molecule has 0 radical (unpaired) electrons. The normalized spacial score (nSPS) is 30.5. The molecule has 0 aromatic carbocycles. The second-order valence-corrected chi connectivity index (χ2v) is 3.34. The number of hydrogen-bond donors (Lipinski definition) is 0. The highest BCUT2D eigenvalue weighted by atomic mass is 16.5. The summed E-state index contributed by atoms with van der Waals surface area (Å²) in [5.41, 5.74) is 0. The van der Waals surface area contributed by atoms with Gasteiger partial charge in [-0.3, -0.25) is 4.79 Å². The number of carbonyl (C=O) groups excluding carboxylic acids is 1. The van der Waals surface area contributed by atoms with Gasteiger partial charge in [-0.25, -0.2) is 0 Å². The number of hydrogen-bond acceptors (Lipinski definition) is 2. The van der Waals surface area contributed by atoms with Crippen LogP contribution in [0.3, 0.4) is 0 Å². The first-order chi connectivity index (χ1) is 5.24. The number of carbonyl (C=O) groups is 1. The fraction of sp³-hybridized carbons (Fsp3) is 0.889. The Balaban J connectivity index is 2.24. The molecular weight excluding hydrogens is 140 g/mol. The zero-order valence-corrected chi connectivity index (χ0v) is 7.30. The minimum atomic E-state index is -0.00824. The smallest absolute Gasteiger partial charge is 0.309 e. The minimum Gasteiger partial charge on any atom is -0.462 e. The van der Waals surface area contributed by atoms with Gasteiger partial charge in [0, 0.05) is 0 Å². The molecule has 0 N–H and O–H groups in total. The first-order valence-corrected chi connectivity index (χ1v) is 4.44. The number of cyclic esters (lactones) is 1. The van der Waals surface area contributed by atoms with Gasteiger partial charge in [-0.05, 0) is 12.8 Å². The van der Waals surface area contributed by atoms with E-state index in [0.717, 1.165) is 12.8 Å². The van der Waals surface area contributed by atoms with Crippen LogP contribution in [-0.4, -0.2) is 12.1 Å². The van der Waals surface area contributed by atoms with Gasteiger partial charge in [0.05, 0.1) is 5.92 Å². The summed E-state index contributed by atoms with van der Waals surface area (Å²) in [6.07, 6.45) is 4.55. The molecule has 0 bridgehead atoms. The maximum atomic E-state index is 10.9. The van der Waals surface area contributed by atoms with Gasteiger partial charge in [-0.1, -0.05) is 26.7 Å². The van der Waals surface area contributed by atoms with Crippen LogP contribution in [-0.2, 0) is 9.53 Å². The van der Waals surface area contributed by atoms with Gasteiger partial charge in [0.25, 0.3) is 0 Å². The van der Waals surface area contributed by atoms with Gasteiger partial charge in [-0.15, -0.1) is 0 Å². The molecule has 1 rings (SSSR count). The average molecular weight is 156 g/mol. The number of rotatable bonds is 3. The Labute approximate surface area is 67.9 Å². The Morgan fingerprint density at radius 1 is 1.64 bits per heavy atom. The number of unbranched alkanes of at least 4 members (excludes halogenated alkanes) is 1. The van der Waals surface area contributed by atoms with E-state index in [9.17, 15) is 4.79 Å². The van der Waals surface area contributed by atoms with Crippen LogP contribution in [0.2, 0.25) is 0 Å². The van der Waals surface area contributed by atoms with Crippen molar-refractivity contribution in [2.75, 3.05) is 0 Å². The lowest BCUT2D eigenvalue weighted by Crippen LogP contribution is -2.05. The molecule has 1 saturated heterocycles. The maximum absolute atomic E-state index is 10.9. The van der Waals surface area contributed by atoms with Crippen molar-refractivity contribution in [1.82, 2.24) is 0 Å². The third kappa shape index (κ3) is 2.21. The molecule has 0 spiro atoms. The van der Waals surface area contributed by atoms with Gasteiger partial charge in [0.1, 0.15) is 6.10 Å². The van der Waals surface area contributed by atoms with Crippen LogP contribution < -0.4 is 0 Å². The predicted molar refractivity (Wildman–Crippen MR) is 43.2 cm³/mol. The molecule has 1 heterocycles. The second-order valence-electron chi connectivity index (χ2n) is 3.34. The van der Waals surface area contributed by atoms with Crippen LogP contribution >= 0.6 is 0 Å². The highest BCUT2D eigenvalue weighted by Crippen LogP contribution is 2.23. The maximum Gasteiger partial charge on any atom is 0.309 e. The van der Waals surface area contributed by atoms with Crippen molar-refractivity contribution in [3.8, 4) is 0 Å². The average Bonchev–Trinajstić information content (AvgIpc) is 2.28. The van der Waals surface area contributed by atoms with Crippen LogP contribution in [0.5, 0.6) is 0 Å². The summed E-state index contributed by atoms with van der Waals surface area (Å²) >= 11 is 0. The zero-order valence-electron chi connectivity index (χ0n) is 7.30. The number of esters is 1. The van der Waals surface area contributed by atoms with Crippen LogP contribution in [0.15, 0.2) is 0 Å². The molecule has 2 nitrogen and oxygen atoms in total. The molecule has 64 valence electrons. The lowest BCUT2D eigenvalue weighted by atomic mass is 10.0. The van der Waals surface area contributed by atoms with Crippen LogP contribution in [0.25, 0.3) is 0 Å². The summed E-state index contributed by atoms with van der Waals surface area (Å²) in [5, 5.41) is 0. The minimum absolute atomic E-state index is 0.00824. The van der Waals surface area contributed by atoms with Crippen molar-refractivity contribution >= 4 is 5.97 Å². The second kappa shape index (κ2) is 3.74. The monoisotopic (exact) mass is 156 g/mol. The molecule has 1 unspecified atom stereocenters. The molecule has 2 heteroatoms. The van der Waals surface area contributed by atoms with E-state index < -0.39 is 0 Å². The summed E-state index contributed by atoms with van der Waals surface area (Å²) in [5.74, 6) is 0.128. The van der Waals surface area contributed by atoms with E-state index in [1.54, 1.807) is 0 Å². The van der Waals surface area contributed by atoms with Gasteiger partial charge < -0.3 is 4.74 Å². The van der Waals surface area contributed by atoms with Crippen molar-refractivity contribution in [2.45, 2.75) is 45.6 Å². The molecule has 2 atom stereocenters. The first kappa shape index (κ1) is 8.57. The van der Waals surface area contributed by atoms with Crippen molar-refractivity contribution in [3.63, 3.8) is 0 Å². The summed E-state index contributed by atoms with van der Waals surface area (Å²) in [7, 11) is 0. The van der Waals surface area contributed by atoms with Gasteiger partial charge in [0.15, 0.2) is 0 Å². The quantitative estimate of drug-likeness (QED) is 0.585. The predicted octanol–water partition coefficient (Wildman–Crippen LogP) is 2.13. The van der Waals surface area contributed by atoms with Gasteiger partial charge in [-0.2, -0.15) is 0 Å². The summed E-state index contributed by atoms with van der Waals surface area (Å²) < 4.78 is 5.14. The first-order valence-electron chi connectivity index (χ1n) is 4.44. The lowest BCUT2D eigenvalue weighted by molar-refractivity contribution is -0.144. The standard InChI is InChI=1S/C9H16O2/c1-3-4-5-8-6-7(2)9(10)11-8/h7-8H,3-6H2,1-2H3/t7-,8?/m1/s1.